The monoisotopic (exact) mass is 523 g/mol. The molecule has 0 bridgehead atoms. The molecule has 3 heterocycles. The standard InChI is InChI=1S/C8H16.C7H14O.C7H14.2C6H13N/c1-8(2,3)7-5-4-6-7;1-7(2,3)6-4-8-5-6;1-7(2,3)6-4-5-6;1-6(2,3)7-4-5-7;1-6(2,3)5-4-7-5/h7H,4-6H2,1-3H3;6H,4-5H2,1-3H3;6H,4-5H2,1-3H3;4-5H2,1-3H3;5,7H,4H2,1-3H3. The first-order valence-electron chi connectivity index (χ1n) is 15.6. The van der Waals surface area contributed by atoms with Gasteiger partial charge in [-0.2, -0.15) is 0 Å². The van der Waals surface area contributed by atoms with Crippen molar-refractivity contribution in [3.05, 3.63) is 0 Å². The largest absolute Gasteiger partial charge is 0.381 e. The molecule has 222 valence electrons. The maximum Gasteiger partial charge on any atom is 0.0521 e. The summed E-state index contributed by atoms with van der Waals surface area (Å²) >= 11 is 0. The van der Waals surface area contributed by atoms with Gasteiger partial charge in [-0.25, -0.2) is 0 Å². The summed E-state index contributed by atoms with van der Waals surface area (Å²) in [5, 5.41) is 3.27. The highest BCUT2D eigenvalue weighted by atomic mass is 16.5. The third kappa shape index (κ3) is 15.9. The topological polar surface area (TPSA) is 34.2 Å². The first-order valence-corrected chi connectivity index (χ1v) is 15.6. The molecule has 0 aromatic carbocycles. The van der Waals surface area contributed by atoms with Gasteiger partial charge in [0.1, 0.15) is 0 Å². The summed E-state index contributed by atoms with van der Waals surface area (Å²) in [5.41, 5.74) is 2.62. The summed E-state index contributed by atoms with van der Waals surface area (Å²) in [4.78, 5) is 2.44. The van der Waals surface area contributed by atoms with E-state index in [-0.39, 0.29) is 0 Å². The van der Waals surface area contributed by atoms with Crippen molar-refractivity contribution in [3.8, 4) is 0 Å². The lowest BCUT2D eigenvalue weighted by molar-refractivity contribution is -0.0821. The van der Waals surface area contributed by atoms with Gasteiger partial charge in [0.15, 0.2) is 0 Å². The zero-order chi connectivity index (χ0) is 28.9. The minimum atomic E-state index is 0.444. The number of ether oxygens (including phenoxy) is 1. The summed E-state index contributed by atoms with van der Waals surface area (Å²) in [6, 6.07) is 0.799. The molecule has 0 radical (unpaired) electrons. The van der Waals surface area contributed by atoms with Gasteiger partial charge in [-0.3, -0.25) is 4.90 Å². The smallest absolute Gasteiger partial charge is 0.0521 e. The van der Waals surface area contributed by atoms with Crippen LogP contribution in [0.1, 0.15) is 136 Å². The number of rotatable bonds is 0. The molecule has 1 N–H and O–H groups in total. The van der Waals surface area contributed by atoms with Crippen LogP contribution in [0.2, 0.25) is 0 Å². The Kier molecular flexibility index (Phi) is 12.7. The van der Waals surface area contributed by atoms with E-state index in [2.05, 4.69) is 114 Å². The van der Waals surface area contributed by atoms with Crippen LogP contribution in [0.15, 0.2) is 0 Å². The lowest BCUT2D eigenvalue weighted by atomic mass is 9.69. The number of hydrogen-bond acceptors (Lipinski definition) is 3. The molecule has 3 saturated heterocycles. The van der Waals surface area contributed by atoms with Crippen LogP contribution < -0.4 is 5.32 Å². The van der Waals surface area contributed by atoms with Gasteiger partial charge in [0, 0.05) is 37.1 Å². The Hall–Kier alpha value is -0.120. The highest BCUT2D eigenvalue weighted by Crippen LogP contribution is 2.44. The second kappa shape index (κ2) is 13.5. The quantitative estimate of drug-likeness (QED) is 0.322. The Morgan fingerprint density at radius 3 is 0.919 bits per heavy atom. The predicted octanol–water partition coefficient (Wildman–Crippen LogP) is 9.06. The molecule has 3 heteroatoms. The minimum absolute atomic E-state index is 0.444. The van der Waals surface area contributed by atoms with Gasteiger partial charge < -0.3 is 10.1 Å². The minimum Gasteiger partial charge on any atom is -0.381 e. The van der Waals surface area contributed by atoms with E-state index in [1.54, 1.807) is 0 Å². The molecule has 0 amide bonds. The molecule has 3 aliphatic heterocycles. The molecule has 0 spiro atoms. The third-order valence-corrected chi connectivity index (χ3v) is 8.84. The lowest BCUT2D eigenvalue weighted by Crippen LogP contribution is -2.37. The SMILES string of the molecule is CC(C)(C)C1CC1.CC(C)(C)C1CCC1.CC(C)(C)C1CN1.CC(C)(C)C1COC1.CC(C)(C)N1CC1. The molecule has 3 nitrogen and oxygen atoms in total. The molecule has 2 saturated carbocycles. The number of nitrogens with zero attached hydrogens (tertiary/aromatic N) is 1. The maximum absolute atomic E-state index is 5.06. The molecule has 2 aliphatic carbocycles. The molecule has 1 unspecified atom stereocenters. The van der Waals surface area contributed by atoms with Crippen molar-refractivity contribution >= 4 is 0 Å². The fraction of sp³-hybridized carbons (Fsp3) is 1.00. The highest BCUT2D eigenvalue weighted by Gasteiger charge is 2.34. The van der Waals surface area contributed by atoms with Crippen molar-refractivity contribution in [2.45, 2.75) is 148 Å². The normalized spacial score (nSPS) is 24.2. The molecule has 0 aromatic rings. The molecule has 1 atom stereocenters. The van der Waals surface area contributed by atoms with Crippen molar-refractivity contribution in [3.63, 3.8) is 0 Å². The number of hydrogen-bond donors (Lipinski definition) is 1. The van der Waals surface area contributed by atoms with E-state index in [0.29, 0.717) is 27.2 Å². The van der Waals surface area contributed by atoms with Gasteiger partial charge in [0.25, 0.3) is 0 Å². The van der Waals surface area contributed by atoms with Crippen LogP contribution in [-0.4, -0.2) is 49.3 Å². The van der Waals surface area contributed by atoms with Crippen molar-refractivity contribution in [2.75, 3.05) is 32.8 Å². The average molecular weight is 523 g/mol. The Morgan fingerprint density at radius 2 is 0.919 bits per heavy atom. The zero-order valence-corrected chi connectivity index (χ0v) is 28.2. The van der Waals surface area contributed by atoms with Crippen molar-refractivity contribution in [1.82, 2.24) is 10.2 Å². The van der Waals surface area contributed by atoms with E-state index in [0.717, 1.165) is 37.0 Å². The van der Waals surface area contributed by atoms with Crippen LogP contribution >= 0.6 is 0 Å². The second-order valence-corrected chi connectivity index (χ2v) is 17.7. The Balaban J connectivity index is 0.000000232. The first kappa shape index (κ1) is 34.9. The van der Waals surface area contributed by atoms with E-state index in [1.807, 2.05) is 0 Å². The third-order valence-electron chi connectivity index (χ3n) is 8.84. The summed E-state index contributed by atoms with van der Waals surface area (Å²) in [5.74, 6) is 2.89. The second-order valence-electron chi connectivity index (χ2n) is 17.7. The fourth-order valence-electron chi connectivity index (χ4n) is 4.35. The van der Waals surface area contributed by atoms with Gasteiger partial charge >= 0.3 is 0 Å². The fourth-order valence-corrected chi connectivity index (χ4v) is 4.35. The van der Waals surface area contributed by atoms with Crippen molar-refractivity contribution in [2.24, 2.45) is 39.4 Å². The van der Waals surface area contributed by atoms with Crippen LogP contribution in [0.3, 0.4) is 0 Å². The summed E-state index contributed by atoms with van der Waals surface area (Å²) in [6.07, 6.45) is 7.38. The van der Waals surface area contributed by atoms with Crippen LogP contribution in [0.4, 0.5) is 0 Å². The van der Waals surface area contributed by atoms with Gasteiger partial charge in [-0.15, -0.1) is 0 Å². The summed E-state index contributed by atoms with van der Waals surface area (Å²) in [7, 11) is 0. The molecule has 5 aliphatic rings. The molecular weight excluding hydrogens is 452 g/mol. The van der Waals surface area contributed by atoms with Gasteiger partial charge in [-0.1, -0.05) is 89.5 Å². The van der Waals surface area contributed by atoms with Crippen molar-refractivity contribution < 1.29 is 4.74 Å². The van der Waals surface area contributed by atoms with E-state index in [4.69, 9.17) is 4.74 Å². The predicted molar refractivity (Wildman–Crippen MR) is 165 cm³/mol. The molecule has 0 aromatic heterocycles. The van der Waals surface area contributed by atoms with Gasteiger partial charge in [-0.05, 0) is 80.0 Å². The Bertz CT molecular complexity index is 539. The van der Waals surface area contributed by atoms with Crippen LogP contribution in [0, 0.1) is 39.4 Å². The zero-order valence-electron chi connectivity index (χ0n) is 28.2. The molecule has 5 rings (SSSR count). The van der Waals surface area contributed by atoms with Crippen LogP contribution in [0.25, 0.3) is 0 Å². The van der Waals surface area contributed by atoms with Crippen LogP contribution in [0.5, 0.6) is 0 Å². The van der Waals surface area contributed by atoms with E-state index >= 15 is 0 Å². The molecule has 5 fully saturated rings. The van der Waals surface area contributed by atoms with Gasteiger partial charge in [0.2, 0.25) is 0 Å². The lowest BCUT2D eigenvalue weighted by Gasteiger charge is -2.37. The van der Waals surface area contributed by atoms with Crippen molar-refractivity contribution in [1.29, 1.82) is 0 Å². The maximum atomic E-state index is 5.06. The Labute approximate surface area is 234 Å². The Morgan fingerprint density at radius 1 is 0.541 bits per heavy atom. The van der Waals surface area contributed by atoms with Crippen LogP contribution in [-0.2, 0) is 4.74 Å². The highest BCUT2D eigenvalue weighted by molar-refractivity contribution is 4.93. The number of nitrogens with one attached hydrogen (secondary N) is 1. The average Bonchev–Trinajstić information content (AvgIpc) is 3.43. The summed E-state index contributed by atoms with van der Waals surface area (Å²) in [6.45, 7) is 40.1. The van der Waals surface area contributed by atoms with E-state index in [9.17, 15) is 0 Å². The first-order chi connectivity index (χ1) is 16.5. The summed E-state index contributed by atoms with van der Waals surface area (Å²) < 4.78 is 5.06. The molecular formula is C34H70N2O. The van der Waals surface area contributed by atoms with Gasteiger partial charge in [0.05, 0.1) is 13.2 Å². The van der Waals surface area contributed by atoms with E-state index < -0.39 is 0 Å². The van der Waals surface area contributed by atoms with E-state index in [1.165, 1.54) is 51.7 Å². The molecule has 37 heavy (non-hydrogen) atoms.